The Hall–Kier alpha value is -1.14. The highest BCUT2D eigenvalue weighted by Gasteiger charge is 2.27. The van der Waals surface area contributed by atoms with Crippen LogP contribution in [0.2, 0.25) is 0 Å². The molecule has 0 aliphatic rings. The number of pyridine rings is 1. The average molecular weight is 257 g/mol. The highest BCUT2D eigenvalue weighted by atomic mass is 32.2. The van der Waals surface area contributed by atoms with Crippen LogP contribution in [0.4, 0.5) is 5.69 Å². The molecule has 0 bridgehead atoms. The molecule has 0 aliphatic heterocycles. The lowest BCUT2D eigenvalue weighted by Crippen LogP contribution is -2.41. The number of sulfonamides is 1. The van der Waals surface area contributed by atoms with E-state index in [1.54, 1.807) is 0 Å². The third-order valence-electron chi connectivity index (χ3n) is 2.74. The molecule has 0 fully saturated rings. The van der Waals surface area contributed by atoms with E-state index in [9.17, 15) is 8.42 Å². The van der Waals surface area contributed by atoms with Gasteiger partial charge in [-0.25, -0.2) is 13.1 Å². The number of nitrogens with zero attached hydrogens (tertiary/aromatic N) is 1. The van der Waals surface area contributed by atoms with Gasteiger partial charge in [0.25, 0.3) is 0 Å². The van der Waals surface area contributed by atoms with Crippen molar-refractivity contribution in [3.63, 3.8) is 0 Å². The van der Waals surface area contributed by atoms with Gasteiger partial charge in [0.1, 0.15) is 4.90 Å². The number of rotatable bonds is 3. The van der Waals surface area contributed by atoms with Gasteiger partial charge in [-0.05, 0) is 18.4 Å². The molecule has 1 atom stereocenters. The fraction of sp³-hybridized carbons (Fsp3) is 0.545. The molecule has 0 spiro atoms. The molecule has 1 heterocycles. The van der Waals surface area contributed by atoms with Gasteiger partial charge < -0.3 is 5.73 Å². The standard InChI is InChI=1S/C11H19N3O2S/c1-8(11(2,3)4)14-17(15,16)10-7-13-6-5-9(10)12/h5-8,14H,1-4H3,(H2,12,13). The van der Waals surface area contributed by atoms with Gasteiger partial charge >= 0.3 is 0 Å². The van der Waals surface area contributed by atoms with E-state index in [-0.39, 0.29) is 22.0 Å². The molecule has 0 saturated carbocycles. The topological polar surface area (TPSA) is 85.1 Å². The zero-order valence-electron chi connectivity index (χ0n) is 10.6. The van der Waals surface area contributed by atoms with Crippen molar-refractivity contribution in [2.45, 2.75) is 38.6 Å². The van der Waals surface area contributed by atoms with Crippen LogP contribution in [0.1, 0.15) is 27.7 Å². The van der Waals surface area contributed by atoms with Gasteiger partial charge in [-0.2, -0.15) is 0 Å². The molecule has 0 amide bonds. The SMILES string of the molecule is CC(NS(=O)(=O)c1cnccc1N)C(C)(C)C. The smallest absolute Gasteiger partial charge is 0.244 e. The van der Waals surface area contributed by atoms with E-state index in [0.29, 0.717) is 0 Å². The Morgan fingerprint density at radius 3 is 2.47 bits per heavy atom. The number of aromatic nitrogens is 1. The normalized spacial score (nSPS) is 14.6. The van der Waals surface area contributed by atoms with Gasteiger partial charge in [-0.1, -0.05) is 20.8 Å². The maximum Gasteiger partial charge on any atom is 0.244 e. The highest BCUT2D eigenvalue weighted by molar-refractivity contribution is 7.89. The van der Waals surface area contributed by atoms with Crippen LogP contribution in [0.25, 0.3) is 0 Å². The minimum atomic E-state index is -3.61. The minimum Gasteiger partial charge on any atom is -0.398 e. The Labute approximate surface area is 102 Å². The Bertz CT molecular complexity index is 492. The molecule has 3 N–H and O–H groups in total. The molecule has 0 radical (unpaired) electrons. The third-order valence-corrected chi connectivity index (χ3v) is 4.32. The quantitative estimate of drug-likeness (QED) is 0.856. The molecule has 1 unspecified atom stereocenters. The lowest BCUT2D eigenvalue weighted by molar-refractivity contribution is 0.317. The molecule has 1 rings (SSSR count). The first-order chi connectivity index (χ1) is 7.64. The average Bonchev–Trinajstić information content (AvgIpc) is 2.15. The number of nitrogen functional groups attached to an aromatic ring is 1. The summed E-state index contributed by atoms with van der Waals surface area (Å²) in [5.41, 5.74) is 5.67. The van der Waals surface area contributed by atoms with Gasteiger partial charge in [0.05, 0.1) is 5.69 Å². The summed E-state index contributed by atoms with van der Waals surface area (Å²) in [5.74, 6) is 0. The fourth-order valence-electron chi connectivity index (χ4n) is 1.09. The van der Waals surface area contributed by atoms with Crippen LogP contribution >= 0.6 is 0 Å². The van der Waals surface area contributed by atoms with Crippen LogP contribution < -0.4 is 10.5 Å². The number of nitrogens with one attached hydrogen (secondary N) is 1. The Morgan fingerprint density at radius 1 is 1.41 bits per heavy atom. The van der Waals surface area contributed by atoms with Gasteiger partial charge in [0.15, 0.2) is 0 Å². The fourth-order valence-corrected chi connectivity index (χ4v) is 2.61. The van der Waals surface area contributed by atoms with E-state index in [1.165, 1.54) is 18.5 Å². The van der Waals surface area contributed by atoms with Crippen molar-refractivity contribution in [3.05, 3.63) is 18.5 Å². The molecule has 0 aliphatic carbocycles. The molecule has 96 valence electrons. The van der Waals surface area contributed by atoms with E-state index >= 15 is 0 Å². The molecule has 17 heavy (non-hydrogen) atoms. The van der Waals surface area contributed by atoms with E-state index < -0.39 is 10.0 Å². The summed E-state index contributed by atoms with van der Waals surface area (Å²) >= 11 is 0. The van der Waals surface area contributed by atoms with Crippen LogP contribution in [-0.2, 0) is 10.0 Å². The third kappa shape index (κ3) is 3.41. The number of nitrogens with two attached hydrogens (primary N) is 1. The first-order valence-electron chi connectivity index (χ1n) is 5.36. The van der Waals surface area contributed by atoms with Gasteiger partial charge in [0.2, 0.25) is 10.0 Å². The first-order valence-corrected chi connectivity index (χ1v) is 6.85. The molecular formula is C11H19N3O2S. The van der Waals surface area contributed by atoms with Crippen molar-refractivity contribution in [2.24, 2.45) is 5.41 Å². The zero-order chi connectivity index (χ0) is 13.3. The summed E-state index contributed by atoms with van der Waals surface area (Å²) in [6, 6.07) is 1.27. The van der Waals surface area contributed by atoms with Crippen molar-refractivity contribution in [3.8, 4) is 0 Å². The van der Waals surface area contributed by atoms with Crippen molar-refractivity contribution < 1.29 is 8.42 Å². The first kappa shape index (κ1) is 13.9. The maximum atomic E-state index is 12.1. The predicted molar refractivity (Wildman–Crippen MR) is 67.9 cm³/mol. The van der Waals surface area contributed by atoms with Crippen LogP contribution in [0.3, 0.4) is 0 Å². The summed E-state index contributed by atoms with van der Waals surface area (Å²) in [7, 11) is -3.61. The van der Waals surface area contributed by atoms with Gasteiger partial charge in [0, 0.05) is 18.4 Å². The predicted octanol–water partition coefficient (Wildman–Crippen LogP) is 1.38. The zero-order valence-corrected chi connectivity index (χ0v) is 11.4. The van der Waals surface area contributed by atoms with Crippen molar-refractivity contribution >= 4 is 15.7 Å². The maximum absolute atomic E-state index is 12.1. The molecule has 0 aromatic carbocycles. The molecule has 1 aromatic rings. The number of hydrogen-bond donors (Lipinski definition) is 2. The second-order valence-corrected chi connectivity index (χ2v) is 6.80. The summed E-state index contributed by atoms with van der Waals surface area (Å²) in [6.45, 7) is 7.72. The van der Waals surface area contributed by atoms with Gasteiger partial charge in [-0.3, -0.25) is 4.98 Å². The second-order valence-electron chi connectivity index (χ2n) is 5.12. The molecule has 0 saturated heterocycles. The molecular weight excluding hydrogens is 238 g/mol. The van der Waals surface area contributed by atoms with Crippen LogP contribution in [0.5, 0.6) is 0 Å². The van der Waals surface area contributed by atoms with E-state index in [2.05, 4.69) is 9.71 Å². The van der Waals surface area contributed by atoms with Crippen molar-refractivity contribution in [1.29, 1.82) is 0 Å². The lowest BCUT2D eigenvalue weighted by Gasteiger charge is -2.27. The van der Waals surface area contributed by atoms with Crippen LogP contribution in [0.15, 0.2) is 23.4 Å². The van der Waals surface area contributed by atoms with Crippen LogP contribution in [0, 0.1) is 5.41 Å². The summed E-state index contributed by atoms with van der Waals surface area (Å²) in [6.07, 6.45) is 2.72. The Morgan fingerprint density at radius 2 is 2.00 bits per heavy atom. The minimum absolute atomic E-state index is 0.0242. The number of anilines is 1. The molecule has 5 nitrogen and oxygen atoms in total. The van der Waals surface area contributed by atoms with E-state index in [0.717, 1.165) is 0 Å². The summed E-state index contributed by atoms with van der Waals surface area (Å²) in [5, 5.41) is 0. The summed E-state index contributed by atoms with van der Waals surface area (Å²) < 4.78 is 26.8. The molecule has 1 aromatic heterocycles. The lowest BCUT2D eigenvalue weighted by atomic mass is 9.89. The Balaban J connectivity index is 3.03. The van der Waals surface area contributed by atoms with E-state index in [4.69, 9.17) is 5.73 Å². The molecule has 6 heteroatoms. The Kier molecular flexibility index (Phi) is 3.78. The summed E-state index contributed by atoms with van der Waals surface area (Å²) in [4.78, 5) is 3.81. The van der Waals surface area contributed by atoms with Crippen molar-refractivity contribution in [1.82, 2.24) is 9.71 Å². The second kappa shape index (κ2) is 4.62. The monoisotopic (exact) mass is 257 g/mol. The highest BCUT2D eigenvalue weighted by Crippen LogP contribution is 2.22. The largest absolute Gasteiger partial charge is 0.398 e. The van der Waals surface area contributed by atoms with Gasteiger partial charge in [-0.15, -0.1) is 0 Å². The van der Waals surface area contributed by atoms with Crippen molar-refractivity contribution in [2.75, 3.05) is 5.73 Å². The van der Waals surface area contributed by atoms with Crippen LogP contribution in [-0.4, -0.2) is 19.4 Å². The number of hydrogen-bond acceptors (Lipinski definition) is 4. The van der Waals surface area contributed by atoms with E-state index in [1.807, 2.05) is 27.7 Å².